The van der Waals surface area contributed by atoms with E-state index in [2.05, 4.69) is 10.2 Å². The predicted octanol–water partition coefficient (Wildman–Crippen LogP) is 1.03. The zero-order valence-corrected chi connectivity index (χ0v) is 12.5. The van der Waals surface area contributed by atoms with Crippen molar-refractivity contribution in [3.63, 3.8) is 0 Å². The van der Waals surface area contributed by atoms with E-state index in [0.717, 1.165) is 32.7 Å². The molecule has 0 saturated heterocycles. The Hall–Kier alpha value is -0.650. The number of hydrogen-bond acceptors (Lipinski definition) is 5. The summed E-state index contributed by atoms with van der Waals surface area (Å²) in [5, 5.41) is 3.21. The Morgan fingerprint density at radius 2 is 2.11 bits per heavy atom. The molecule has 0 aromatic carbocycles. The highest BCUT2D eigenvalue weighted by Gasteiger charge is 2.29. The molecule has 0 aliphatic heterocycles. The number of esters is 1. The lowest BCUT2D eigenvalue weighted by molar-refractivity contribution is -0.145. The highest BCUT2D eigenvalue weighted by molar-refractivity contribution is 5.75. The molecule has 1 saturated carbocycles. The van der Waals surface area contributed by atoms with Gasteiger partial charge in [0.05, 0.1) is 13.2 Å². The zero-order chi connectivity index (χ0) is 14.1. The number of methoxy groups -OCH3 is 1. The van der Waals surface area contributed by atoms with E-state index in [-0.39, 0.29) is 12.0 Å². The highest BCUT2D eigenvalue weighted by Crippen LogP contribution is 2.26. The SMILES string of the molecule is CCNC(CCN(CCOC)C1CC1)C(=O)OCC. The van der Waals surface area contributed by atoms with Crippen LogP contribution in [0, 0.1) is 0 Å². The lowest BCUT2D eigenvalue weighted by atomic mass is 10.2. The van der Waals surface area contributed by atoms with Crippen molar-refractivity contribution in [2.45, 2.75) is 45.2 Å². The van der Waals surface area contributed by atoms with Gasteiger partial charge in [0.1, 0.15) is 6.04 Å². The normalized spacial score (nSPS) is 16.6. The molecular weight excluding hydrogens is 244 g/mol. The first kappa shape index (κ1) is 16.4. The van der Waals surface area contributed by atoms with Gasteiger partial charge in [-0.05, 0) is 32.7 Å². The standard InChI is InChI=1S/C14H28N2O3/c1-4-15-13(14(17)19-5-2)8-9-16(10-11-18-3)12-6-7-12/h12-13,15H,4-11H2,1-3H3. The number of carbonyl (C=O) groups excluding carboxylic acids is 1. The van der Waals surface area contributed by atoms with Crippen molar-refractivity contribution in [3.8, 4) is 0 Å². The Morgan fingerprint density at radius 1 is 1.37 bits per heavy atom. The molecule has 1 unspecified atom stereocenters. The van der Waals surface area contributed by atoms with Crippen LogP contribution in [0.1, 0.15) is 33.1 Å². The molecule has 1 fully saturated rings. The van der Waals surface area contributed by atoms with E-state index < -0.39 is 0 Å². The molecule has 1 aliphatic carbocycles. The minimum absolute atomic E-state index is 0.133. The van der Waals surface area contributed by atoms with E-state index in [9.17, 15) is 4.79 Å². The third-order valence-corrected chi connectivity index (χ3v) is 3.37. The van der Waals surface area contributed by atoms with Crippen LogP contribution in [0.5, 0.6) is 0 Å². The Balaban J connectivity index is 2.36. The molecule has 1 atom stereocenters. The first-order chi connectivity index (χ1) is 9.22. The second kappa shape index (κ2) is 9.28. The summed E-state index contributed by atoms with van der Waals surface area (Å²) in [6.45, 7) is 7.70. The molecule has 5 heteroatoms. The summed E-state index contributed by atoms with van der Waals surface area (Å²) >= 11 is 0. The van der Waals surface area contributed by atoms with Crippen LogP contribution in [-0.2, 0) is 14.3 Å². The van der Waals surface area contributed by atoms with Crippen molar-refractivity contribution >= 4 is 5.97 Å². The fourth-order valence-corrected chi connectivity index (χ4v) is 2.21. The monoisotopic (exact) mass is 272 g/mol. The van der Waals surface area contributed by atoms with Crippen LogP contribution < -0.4 is 5.32 Å². The maximum absolute atomic E-state index is 11.8. The topological polar surface area (TPSA) is 50.8 Å². The van der Waals surface area contributed by atoms with E-state index in [4.69, 9.17) is 9.47 Å². The average Bonchev–Trinajstić information content (AvgIpc) is 3.22. The van der Waals surface area contributed by atoms with Crippen molar-refractivity contribution in [1.29, 1.82) is 0 Å². The molecule has 0 amide bonds. The minimum Gasteiger partial charge on any atom is -0.465 e. The summed E-state index contributed by atoms with van der Waals surface area (Å²) in [7, 11) is 1.73. The number of hydrogen-bond donors (Lipinski definition) is 1. The van der Waals surface area contributed by atoms with E-state index >= 15 is 0 Å². The number of carbonyl (C=O) groups is 1. The molecule has 19 heavy (non-hydrogen) atoms. The van der Waals surface area contributed by atoms with Gasteiger partial charge in [-0.2, -0.15) is 0 Å². The van der Waals surface area contributed by atoms with Crippen molar-refractivity contribution in [1.82, 2.24) is 10.2 Å². The number of nitrogens with zero attached hydrogens (tertiary/aromatic N) is 1. The minimum atomic E-state index is -0.186. The number of rotatable bonds is 11. The maximum atomic E-state index is 11.8. The number of likely N-dealkylation sites (N-methyl/N-ethyl adjacent to an activating group) is 1. The second-order valence-electron chi connectivity index (χ2n) is 4.91. The summed E-state index contributed by atoms with van der Waals surface area (Å²) in [4.78, 5) is 14.2. The third-order valence-electron chi connectivity index (χ3n) is 3.37. The maximum Gasteiger partial charge on any atom is 0.323 e. The van der Waals surface area contributed by atoms with Crippen molar-refractivity contribution in [3.05, 3.63) is 0 Å². The van der Waals surface area contributed by atoms with Gasteiger partial charge in [-0.15, -0.1) is 0 Å². The first-order valence-electron chi connectivity index (χ1n) is 7.35. The van der Waals surface area contributed by atoms with Gasteiger partial charge in [0.2, 0.25) is 0 Å². The van der Waals surface area contributed by atoms with Crippen LogP contribution in [0.4, 0.5) is 0 Å². The van der Waals surface area contributed by atoms with Crippen LogP contribution in [-0.4, -0.2) is 62.9 Å². The van der Waals surface area contributed by atoms with Gasteiger partial charge >= 0.3 is 5.97 Å². The lowest BCUT2D eigenvalue weighted by Gasteiger charge is -2.24. The molecule has 0 aromatic heterocycles. The molecular formula is C14H28N2O3. The average molecular weight is 272 g/mol. The molecule has 5 nitrogen and oxygen atoms in total. The van der Waals surface area contributed by atoms with Gasteiger partial charge in [0.15, 0.2) is 0 Å². The highest BCUT2D eigenvalue weighted by atomic mass is 16.5. The zero-order valence-electron chi connectivity index (χ0n) is 12.5. The van der Waals surface area contributed by atoms with E-state index in [0.29, 0.717) is 12.6 Å². The van der Waals surface area contributed by atoms with Crippen molar-refractivity contribution in [2.75, 3.05) is 40.0 Å². The Bertz CT molecular complexity index is 257. The molecule has 0 aromatic rings. The third kappa shape index (κ3) is 6.36. The van der Waals surface area contributed by atoms with E-state index in [1.165, 1.54) is 12.8 Å². The fourth-order valence-electron chi connectivity index (χ4n) is 2.21. The van der Waals surface area contributed by atoms with Gasteiger partial charge < -0.3 is 14.8 Å². The van der Waals surface area contributed by atoms with Gasteiger partial charge in [-0.25, -0.2) is 0 Å². The predicted molar refractivity (Wildman–Crippen MR) is 75.2 cm³/mol. The summed E-state index contributed by atoms with van der Waals surface area (Å²) in [6.07, 6.45) is 3.34. The second-order valence-corrected chi connectivity index (χ2v) is 4.91. The Labute approximate surface area is 116 Å². The summed E-state index contributed by atoms with van der Waals surface area (Å²) < 4.78 is 10.2. The molecule has 112 valence electrons. The summed E-state index contributed by atoms with van der Waals surface area (Å²) in [5.74, 6) is -0.133. The number of ether oxygens (including phenoxy) is 2. The van der Waals surface area contributed by atoms with Crippen molar-refractivity contribution in [2.24, 2.45) is 0 Å². The quantitative estimate of drug-likeness (QED) is 0.569. The summed E-state index contributed by atoms with van der Waals surface area (Å²) in [5.41, 5.74) is 0. The van der Waals surface area contributed by atoms with Crippen LogP contribution in [0.25, 0.3) is 0 Å². The smallest absolute Gasteiger partial charge is 0.323 e. The van der Waals surface area contributed by atoms with Gasteiger partial charge in [-0.1, -0.05) is 6.92 Å². The molecule has 0 heterocycles. The van der Waals surface area contributed by atoms with Crippen LogP contribution in [0.3, 0.4) is 0 Å². The van der Waals surface area contributed by atoms with Crippen LogP contribution >= 0.6 is 0 Å². The first-order valence-corrected chi connectivity index (χ1v) is 7.35. The molecule has 0 spiro atoms. The fraction of sp³-hybridized carbons (Fsp3) is 0.929. The Morgan fingerprint density at radius 3 is 2.63 bits per heavy atom. The Kier molecular flexibility index (Phi) is 8.02. The molecule has 0 radical (unpaired) electrons. The van der Waals surface area contributed by atoms with Gasteiger partial charge in [0.25, 0.3) is 0 Å². The molecule has 1 N–H and O–H groups in total. The number of nitrogens with one attached hydrogen (secondary N) is 1. The lowest BCUT2D eigenvalue weighted by Crippen LogP contribution is -2.42. The van der Waals surface area contributed by atoms with Gasteiger partial charge in [-0.3, -0.25) is 9.69 Å². The van der Waals surface area contributed by atoms with E-state index in [1.807, 2.05) is 13.8 Å². The van der Waals surface area contributed by atoms with Crippen LogP contribution in [0.2, 0.25) is 0 Å². The molecule has 1 aliphatic rings. The van der Waals surface area contributed by atoms with Gasteiger partial charge in [0, 0.05) is 26.2 Å². The molecule has 0 bridgehead atoms. The summed E-state index contributed by atoms with van der Waals surface area (Å²) in [6, 6.07) is 0.508. The van der Waals surface area contributed by atoms with E-state index in [1.54, 1.807) is 7.11 Å². The molecule has 1 rings (SSSR count). The van der Waals surface area contributed by atoms with Crippen LogP contribution in [0.15, 0.2) is 0 Å². The van der Waals surface area contributed by atoms with Crippen molar-refractivity contribution < 1.29 is 14.3 Å². The largest absolute Gasteiger partial charge is 0.465 e.